The lowest BCUT2D eigenvalue weighted by molar-refractivity contribution is 1.19. The molecule has 3 aromatic rings. The molecular weight excluding hydrogens is 316 g/mol. The van der Waals surface area contributed by atoms with Gasteiger partial charge in [0.15, 0.2) is 5.65 Å². The summed E-state index contributed by atoms with van der Waals surface area (Å²) >= 11 is 0. The van der Waals surface area contributed by atoms with Gasteiger partial charge in [-0.1, -0.05) is 24.3 Å². The first kappa shape index (κ1) is 16.1. The Bertz CT molecular complexity index is 1090. The molecule has 3 N–H and O–H groups in total. The highest BCUT2D eigenvalue weighted by Gasteiger charge is 2.07. The van der Waals surface area contributed by atoms with Gasteiger partial charge in [0.25, 0.3) is 5.56 Å². The number of rotatable bonds is 0. The average molecular weight is 332 g/mol. The maximum atomic E-state index is 12.2. The fourth-order valence-electron chi connectivity index (χ4n) is 2.13. The molecule has 0 fully saturated rings. The van der Waals surface area contributed by atoms with Gasteiger partial charge in [-0.3, -0.25) is 9.78 Å². The van der Waals surface area contributed by atoms with Crippen molar-refractivity contribution in [1.29, 1.82) is 0 Å². The minimum atomic E-state index is -0.249. The first-order valence-electron chi connectivity index (χ1n) is 7.59. The molecular formula is C18H16N6O. The van der Waals surface area contributed by atoms with E-state index in [1.165, 1.54) is 12.5 Å². The Labute approximate surface area is 142 Å². The number of hydrogen-bond acceptors (Lipinski definition) is 4. The van der Waals surface area contributed by atoms with Gasteiger partial charge in [-0.05, 0) is 18.2 Å². The Morgan fingerprint density at radius 1 is 0.840 bits per heavy atom. The van der Waals surface area contributed by atoms with Gasteiger partial charge in [-0.25, -0.2) is 9.97 Å². The lowest BCUT2D eigenvalue weighted by atomic mass is 10.3. The van der Waals surface area contributed by atoms with Crippen LogP contribution in [0.25, 0.3) is 22.1 Å². The largest absolute Gasteiger partial charge is 0.368 e. The molecule has 25 heavy (non-hydrogen) atoms. The second-order valence-corrected chi connectivity index (χ2v) is 4.90. The van der Waals surface area contributed by atoms with E-state index in [-0.39, 0.29) is 5.56 Å². The number of aromatic nitrogens is 6. The minimum absolute atomic E-state index is 0.249. The lowest BCUT2D eigenvalue weighted by Gasteiger charge is -1.90. The molecule has 0 aromatic carbocycles. The summed E-state index contributed by atoms with van der Waals surface area (Å²) in [5.41, 5.74) is 0.750. The van der Waals surface area contributed by atoms with Crippen LogP contribution in [-0.2, 0) is 0 Å². The molecule has 7 heteroatoms. The summed E-state index contributed by atoms with van der Waals surface area (Å²) in [6.07, 6.45) is 9.70. The highest BCUT2D eigenvalue weighted by atomic mass is 16.1. The molecule has 0 spiro atoms. The summed E-state index contributed by atoms with van der Waals surface area (Å²) < 4.78 is 0. The van der Waals surface area contributed by atoms with Crippen LogP contribution in [0.2, 0.25) is 0 Å². The van der Waals surface area contributed by atoms with Crippen LogP contribution >= 0.6 is 0 Å². The Kier molecular flexibility index (Phi) is 5.30. The Balaban J connectivity index is 2.30. The van der Waals surface area contributed by atoms with Gasteiger partial charge >= 0.3 is 0 Å². The highest BCUT2D eigenvalue weighted by molar-refractivity contribution is 6.02. The predicted molar refractivity (Wildman–Crippen MR) is 97.0 cm³/mol. The summed E-state index contributed by atoms with van der Waals surface area (Å²) in [5, 5.41) is 1.01. The van der Waals surface area contributed by atoms with Crippen molar-refractivity contribution in [3.63, 3.8) is 0 Å². The second kappa shape index (κ2) is 8.21. The van der Waals surface area contributed by atoms with Crippen molar-refractivity contribution >= 4 is 22.1 Å². The smallest absolute Gasteiger partial charge is 0.259 e. The highest BCUT2D eigenvalue weighted by Crippen LogP contribution is 2.14. The van der Waals surface area contributed by atoms with Crippen molar-refractivity contribution in [2.75, 3.05) is 0 Å². The molecule has 7 nitrogen and oxygen atoms in total. The molecule has 0 unspecified atom stereocenters. The molecule has 0 radical (unpaired) electrons. The number of nitrogens with zero attached hydrogens (tertiary/aromatic N) is 3. The Hall–Kier alpha value is -3.74. The summed E-state index contributed by atoms with van der Waals surface area (Å²) in [4.78, 5) is 33.5. The summed E-state index contributed by atoms with van der Waals surface area (Å²) in [5.74, 6) is 0. The molecule has 0 amide bonds. The molecule has 0 aliphatic rings. The van der Waals surface area contributed by atoms with Gasteiger partial charge in [0.2, 0.25) is 0 Å². The fraction of sp³-hybridized carbons (Fsp3) is 0. The Morgan fingerprint density at radius 2 is 1.64 bits per heavy atom. The van der Waals surface area contributed by atoms with E-state index in [9.17, 15) is 4.79 Å². The standard InChI is InChI=1S/C18H16N6O/c25-18-14-12-20-10-7-9-19-8-5-3-1-2-4-6-11-21-16-15(14)17(24-18)23-13-22-16/h1-13,19H,(H2,21,22,23,24,25). The van der Waals surface area contributed by atoms with Gasteiger partial charge in [0, 0.05) is 31.0 Å². The zero-order valence-corrected chi connectivity index (χ0v) is 13.3. The van der Waals surface area contributed by atoms with E-state index in [1.54, 1.807) is 36.9 Å². The van der Waals surface area contributed by atoms with E-state index in [4.69, 9.17) is 0 Å². The summed E-state index contributed by atoms with van der Waals surface area (Å²) in [7, 11) is 0. The first-order chi connectivity index (χ1) is 12.4. The molecule has 124 valence electrons. The molecule has 0 saturated carbocycles. The fourth-order valence-corrected chi connectivity index (χ4v) is 2.13. The molecule has 3 rings (SSSR count). The molecule has 3 aromatic heterocycles. The second-order valence-electron chi connectivity index (χ2n) is 4.90. The number of aromatic amines is 3. The summed E-state index contributed by atoms with van der Waals surface area (Å²) in [6, 6.07) is 12.9. The van der Waals surface area contributed by atoms with Crippen LogP contribution < -0.4 is 5.56 Å². The van der Waals surface area contributed by atoms with Crippen molar-refractivity contribution < 1.29 is 0 Å². The van der Waals surface area contributed by atoms with Crippen molar-refractivity contribution in [2.45, 2.75) is 0 Å². The van der Waals surface area contributed by atoms with Crippen molar-refractivity contribution in [1.82, 2.24) is 29.9 Å². The molecule has 3 heterocycles. The van der Waals surface area contributed by atoms with Gasteiger partial charge in [-0.2, -0.15) is 0 Å². The van der Waals surface area contributed by atoms with Gasteiger partial charge < -0.3 is 15.0 Å². The van der Waals surface area contributed by atoms with E-state index in [0.29, 0.717) is 22.1 Å². The monoisotopic (exact) mass is 332 g/mol. The zero-order valence-electron chi connectivity index (χ0n) is 13.3. The molecule has 0 aliphatic carbocycles. The van der Waals surface area contributed by atoms with E-state index in [0.717, 1.165) is 0 Å². The first-order valence-corrected chi connectivity index (χ1v) is 7.59. The van der Waals surface area contributed by atoms with Crippen LogP contribution in [0.15, 0.2) is 84.6 Å². The average Bonchev–Trinajstić information content (AvgIpc) is 2.94. The van der Waals surface area contributed by atoms with Crippen molar-refractivity contribution in [3.05, 3.63) is 90.1 Å². The van der Waals surface area contributed by atoms with E-state index >= 15 is 0 Å². The third kappa shape index (κ3) is 4.17. The third-order valence-electron chi connectivity index (χ3n) is 3.22. The van der Waals surface area contributed by atoms with E-state index < -0.39 is 0 Å². The normalized spacial score (nSPS) is 9.76. The number of hydrogen-bond donors (Lipinski definition) is 3. The van der Waals surface area contributed by atoms with Crippen LogP contribution in [0.4, 0.5) is 0 Å². The van der Waals surface area contributed by atoms with Crippen LogP contribution in [0, 0.1) is 0 Å². The minimum Gasteiger partial charge on any atom is -0.368 e. The maximum absolute atomic E-state index is 12.2. The molecule has 0 saturated heterocycles. The lowest BCUT2D eigenvalue weighted by Crippen LogP contribution is -1.96. The molecule has 0 atom stereocenters. The van der Waals surface area contributed by atoms with Crippen molar-refractivity contribution in [2.24, 2.45) is 0 Å². The van der Waals surface area contributed by atoms with Crippen LogP contribution in [0.5, 0.6) is 0 Å². The van der Waals surface area contributed by atoms with Gasteiger partial charge in [0.1, 0.15) is 5.65 Å². The quantitative estimate of drug-likeness (QED) is 0.589. The van der Waals surface area contributed by atoms with Crippen molar-refractivity contribution in [3.8, 4) is 0 Å². The summed E-state index contributed by atoms with van der Waals surface area (Å²) in [6.45, 7) is 0. The van der Waals surface area contributed by atoms with E-state index in [2.05, 4.69) is 29.9 Å². The topological polar surface area (TPSA) is 103 Å². The van der Waals surface area contributed by atoms with Gasteiger partial charge in [0.05, 0.1) is 17.1 Å². The molecule has 0 aliphatic heterocycles. The third-order valence-corrected chi connectivity index (χ3v) is 3.22. The Morgan fingerprint density at radius 3 is 2.56 bits per heavy atom. The molecule has 0 bridgehead atoms. The van der Waals surface area contributed by atoms with Crippen LogP contribution in [0.1, 0.15) is 0 Å². The van der Waals surface area contributed by atoms with Crippen LogP contribution in [-0.4, -0.2) is 29.9 Å². The van der Waals surface area contributed by atoms with Gasteiger partial charge in [-0.15, -0.1) is 0 Å². The number of H-pyrrole nitrogens is 3. The maximum Gasteiger partial charge on any atom is 0.259 e. The SMILES string of the molecule is O=c1[nH]c2[nH]cnc3ncccccccc[nH]cccncc1c32. The predicted octanol–water partition coefficient (Wildman–Crippen LogP) is 2.90. The van der Waals surface area contributed by atoms with Crippen LogP contribution in [0.3, 0.4) is 0 Å². The zero-order chi connectivity index (χ0) is 17.3. The number of nitrogens with one attached hydrogen (secondary N) is 3. The van der Waals surface area contributed by atoms with E-state index in [1.807, 2.05) is 30.3 Å².